The summed E-state index contributed by atoms with van der Waals surface area (Å²) in [5.41, 5.74) is 0. The minimum atomic E-state index is -0.887. The van der Waals surface area contributed by atoms with E-state index in [1.54, 1.807) is 16.7 Å². The fourth-order valence-corrected chi connectivity index (χ4v) is 8.52. The third-order valence-electron chi connectivity index (χ3n) is 7.90. The van der Waals surface area contributed by atoms with Crippen LogP contribution in [0.5, 0.6) is 0 Å². The molecule has 0 aliphatic carbocycles. The highest BCUT2D eigenvalue weighted by molar-refractivity contribution is 8.02. The summed E-state index contributed by atoms with van der Waals surface area (Å²) in [7, 11) is 0. The van der Waals surface area contributed by atoms with Gasteiger partial charge in [0, 0.05) is 17.8 Å². The quantitative estimate of drug-likeness (QED) is 0.423. The predicted octanol–water partition coefficient (Wildman–Crippen LogP) is 3.17. The number of ether oxygens (including phenoxy) is 1. The lowest BCUT2D eigenvalue weighted by Gasteiger charge is -2.40. The molecule has 0 aromatic heterocycles. The van der Waals surface area contributed by atoms with Gasteiger partial charge in [-0.1, -0.05) is 51.5 Å². The molecule has 0 aromatic rings. The van der Waals surface area contributed by atoms with Gasteiger partial charge in [0.15, 0.2) is 0 Å². The highest BCUT2D eigenvalue weighted by Crippen LogP contribution is 2.65. The van der Waals surface area contributed by atoms with Crippen molar-refractivity contribution in [2.75, 3.05) is 26.3 Å². The number of carbonyl (C=O) groups is 3. The normalized spacial score (nSPS) is 36.6. The first-order valence-electron chi connectivity index (χ1n) is 13.1. The van der Waals surface area contributed by atoms with E-state index in [1.807, 2.05) is 24.0 Å². The number of fused-ring (bicyclic) bond motifs is 2. The first-order valence-corrected chi connectivity index (χ1v) is 14.0. The van der Waals surface area contributed by atoms with Gasteiger partial charge in [-0.3, -0.25) is 14.4 Å². The van der Waals surface area contributed by atoms with Crippen LogP contribution < -0.4 is 0 Å². The third-order valence-corrected chi connectivity index (χ3v) is 9.70. The minimum absolute atomic E-state index is 0.0820. The summed E-state index contributed by atoms with van der Waals surface area (Å²) >= 11 is 1.57. The van der Waals surface area contributed by atoms with Gasteiger partial charge in [0.05, 0.1) is 35.8 Å². The van der Waals surface area contributed by atoms with Gasteiger partial charge in [-0.25, -0.2) is 0 Å². The van der Waals surface area contributed by atoms with Gasteiger partial charge in [0.25, 0.3) is 0 Å². The minimum Gasteiger partial charge on any atom is -0.465 e. The Hall–Kier alpha value is -1.80. The molecule has 1 spiro atoms. The van der Waals surface area contributed by atoms with E-state index in [4.69, 9.17) is 4.74 Å². The van der Waals surface area contributed by atoms with E-state index in [9.17, 15) is 19.5 Å². The van der Waals surface area contributed by atoms with E-state index in [1.165, 1.54) is 0 Å². The topological polar surface area (TPSA) is 87.2 Å². The fourth-order valence-electron chi connectivity index (χ4n) is 6.38. The Morgan fingerprint density at radius 3 is 2.63 bits per heavy atom. The molecule has 6 atom stereocenters. The molecule has 4 aliphatic heterocycles. The molecular weight excluding hydrogens is 464 g/mol. The lowest BCUT2D eigenvalue weighted by atomic mass is 9.74. The number of rotatable bonds is 7. The Kier molecular flexibility index (Phi) is 7.72. The first-order chi connectivity index (χ1) is 16.7. The van der Waals surface area contributed by atoms with Crippen molar-refractivity contribution in [3.8, 4) is 0 Å². The second-order valence-electron chi connectivity index (χ2n) is 11.0. The molecule has 0 bridgehead atoms. The largest absolute Gasteiger partial charge is 0.465 e. The molecule has 0 aromatic carbocycles. The Morgan fingerprint density at radius 2 is 1.94 bits per heavy atom. The maximum absolute atomic E-state index is 14.3. The number of aliphatic hydroxyl groups is 1. The van der Waals surface area contributed by atoms with Crippen molar-refractivity contribution in [2.24, 2.45) is 17.8 Å². The number of allylic oxidation sites excluding steroid dienone is 1. The number of cyclic esters (lactones) is 1. The molecule has 35 heavy (non-hydrogen) atoms. The average molecular weight is 505 g/mol. The molecule has 1 unspecified atom stereocenters. The van der Waals surface area contributed by atoms with Crippen LogP contribution in [0.4, 0.5) is 0 Å². The third kappa shape index (κ3) is 4.45. The second kappa shape index (κ2) is 10.3. The van der Waals surface area contributed by atoms with E-state index in [-0.39, 0.29) is 30.3 Å². The summed E-state index contributed by atoms with van der Waals surface area (Å²) in [6.45, 7) is 9.42. The average Bonchev–Trinajstić information content (AvgIpc) is 3.16. The smallest absolute Gasteiger partial charge is 0.311 e. The molecule has 4 heterocycles. The van der Waals surface area contributed by atoms with E-state index in [2.05, 4.69) is 32.9 Å². The summed E-state index contributed by atoms with van der Waals surface area (Å²) in [6, 6.07) is -1.24. The highest BCUT2D eigenvalue weighted by atomic mass is 32.2. The number of thioether (sulfide) groups is 1. The number of aliphatic hydroxyl groups excluding tert-OH is 1. The molecule has 1 N–H and O–H groups in total. The number of amides is 2. The Balaban J connectivity index is 1.86. The molecule has 4 rings (SSSR count). The van der Waals surface area contributed by atoms with E-state index >= 15 is 0 Å². The number of likely N-dealkylation sites (tertiary alicyclic amines) is 1. The Morgan fingerprint density at radius 1 is 1.17 bits per heavy atom. The molecule has 0 radical (unpaired) electrons. The Labute approximate surface area is 213 Å². The van der Waals surface area contributed by atoms with Crippen LogP contribution in [-0.4, -0.2) is 80.6 Å². The molecule has 194 valence electrons. The SMILES string of the molecule is CCCCN1CC=C[C@]23S[C@@]4(C)/C=C\CCCOC(=O)[C@H]4[C@H]2C(=O)N([C@@H](CO)CC(C)C)C3C1=O. The standard InChI is InChI=1S/C27H40N2O5S/c1-5-6-13-28-14-10-12-27-20(21-25(33)34-15-9-7-8-11-26(21,4)35-27)23(31)29(22(27)24(28)32)19(17-30)16-18(2)3/h8,10-12,18-22,30H,5-7,9,13-17H2,1-4H3/b11-8-/t19-,20+,21-,22?,26+,27+/m1/s1. The lowest BCUT2D eigenvalue weighted by molar-refractivity contribution is -0.154. The highest BCUT2D eigenvalue weighted by Gasteiger charge is 2.74. The van der Waals surface area contributed by atoms with Gasteiger partial charge < -0.3 is 19.6 Å². The van der Waals surface area contributed by atoms with Crippen LogP contribution in [0.1, 0.15) is 59.8 Å². The van der Waals surface area contributed by atoms with Gasteiger partial charge in [0.1, 0.15) is 6.04 Å². The molecular formula is C27H40N2O5S. The van der Waals surface area contributed by atoms with Crippen molar-refractivity contribution in [3.63, 3.8) is 0 Å². The van der Waals surface area contributed by atoms with Gasteiger partial charge in [-0.05, 0) is 38.5 Å². The van der Waals surface area contributed by atoms with Crippen LogP contribution in [0.3, 0.4) is 0 Å². The van der Waals surface area contributed by atoms with Gasteiger partial charge in [0.2, 0.25) is 11.8 Å². The zero-order valence-electron chi connectivity index (χ0n) is 21.4. The maximum Gasteiger partial charge on any atom is 0.311 e. The summed E-state index contributed by atoms with van der Waals surface area (Å²) in [5.74, 6) is -1.83. The van der Waals surface area contributed by atoms with Gasteiger partial charge >= 0.3 is 5.97 Å². The zero-order chi connectivity index (χ0) is 25.4. The van der Waals surface area contributed by atoms with Gasteiger partial charge in [-0.2, -0.15) is 0 Å². The van der Waals surface area contributed by atoms with Crippen LogP contribution in [0.2, 0.25) is 0 Å². The molecule has 7 nitrogen and oxygen atoms in total. The van der Waals surface area contributed by atoms with Crippen LogP contribution >= 0.6 is 11.8 Å². The van der Waals surface area contributed by atoms with Crippen molar-refractivity contribution in [1.29, 1.82) is 0 Å². The monoisotopic (exact) mass is 504 g/mol. The van der Waals surface area contributed by atoms with E-state index in [0.717, 1.165) is 25.7 Å². The van der Waals surface area contributed by atoms with Crippen LogP contribution in [-0.2, 0) is 19.1 Å². The first kappa shape index (κ1) is 26.3. The zero-order valence-corrected chi connectivity index (χ0v) is 22.3. The maximum atomic E-state index is 14.3. The number of nitrogens with zero attached hydrogens (tertiary/aromatic N) is 2. The molecule has 2 fully saturated rings. The Bertz CT molecular complexity index is 904. The van der Waals surface area contributed by atoms with Crippen molar-refractivity contribution in [1.82, 2.24) is 9.80 Å². The number of unbranched alkanes of at least 4 members (excludes halogenated alkanes) is 1. The molecule has 4 aliphatic rings. The van der Waals surface area contributed by atoms with Crippen molar-refractivity contribution in [2.45, 2.75) is 81.4 Å². The number of carbonyl (C=O) groups excluding carboxylic acids is 3. The van der Waals surface area contributed by atoms with Crippen LogP contribution in [0.25, 0.3) is 0 Å². The summed E-state index contributed by atoms with van der Waals surface area (Å²) in [4.78, 5) is 45.4. The van der Waals surface area contributed by atoms with E-state index in [0.29, 0.717) is 26.1 Å². The van der Waals surface area contributed by atoms with Gasteiger partial charge in [-0.15, -0.1) is 11.8 Å². The van der Waals surface area contributed by atoms with Crippen LogP contribution in [0, 0.1) is 17.8 Å². The van der Waals surface area contributed by atoms with Crippen molar-refractivity contribution in [3.05, 3.63) is 24.3 Å². The molecule has 8 heteroatoms. The second-order valence-corrected chi connectivity index (χ2v) is 12.8. The van der Waals surface area contributed by atoms with Crippen LogP contribution in [0.15, 0.2) is 24.3 Å². The van der Waals surface area contributed by atoms with Crippen molar-refractivity contribution < 1.29 is 24.2 Å². The predicted molar refractivity (Wildman–Crippen MR) is 137 cm³/mol. The number of hydrogen-bond donors (Lipinski definition) is 1. The van der Waals surface area contributed by atoms with Crippen molar-refractivity contribution >= 4 is 29.5 Å². The molecule has 0 saturated carbocycles. The fraction of sp³-hybridized carbons (Fsp3) is 0.741. The summed E-state index contributed by atoms with van der Waals surface area (Å²) in [5, 5.41) is 10.4. The summed E-state index contributed by atoms with van der Waals surface area (Å²) in [6.07, 6.45) is 12.2. The number of esters is 1. The number of hydrogen-bond acceptors (Lipinski definition) is 6. The molecule has 2 amide bonds. The lowest BCUT2D eigenvalue weighted by Crippen LogP contribution is -2.57. The van der Waals surface area contributed by atoms with E-state index < -0.39 is 33.4 Å². The molecule has 2 saturated heterocycles. The summed E-state index contributed by atoms with van der Waals surface area (Å²) < 4.78 is 4.11.